The largest absolute Gasteiger partial charge is 0.345 e. The van der Waals surface area contributed by atoms with Gasteiger partial charge < -0.3 is 9.97 Å². The number of hydrogen-bond acceptors (Lipinski definition) is 6. The van der Waals surface area contributed by atoms with Crippen LogP contribution in [0, 0.1) is 6.92 Å². The molecule has 0 radical (unpaired) electrons. The molecule has 0 saturated heterocycles. The number of fused-ring (bicyclic) bond motifs is 2. The molecule has 0 aliphatic heterocycles. The first kappa shape index (κ1) is 15.3. The molecule has 0 spiro atoms. The van der Waals surface area contributed by atoms with Crippen molar-refractivity contribution in [1.82, 2.24) is 35.1 Å². The van der Waals surface area contributed by atoms with Crippen molar-refractivity contribution in [2.75, 3.05) is 0 Å². The highest BCUT2D eigenvalue weighted by atomic mass is 16.1. The quantitative estimate of drug-likeness (QED) is 0.503. The smallest absolute Gasteiger partial charge is 0.209 e. The van der Waals surface area contributed by atoms with Gasteiger partial charge in [-0.2, -0.15) is 0 Å². The van der Waals surface area contributed by atoms with Gasteiger partial charge in [-0.15, -0.1) is 10.2 Å². The third-order valence-corrected chi connectivity index (χ3v) is 4.28. The fourth-order valence-electron chi connectivity index (χ4n) is 3.03. The molecule has 4 heterocycles. The first-order valence-electron chi connectivity index (χ1n) is 8.33. The number of aryl methyl sites for hydroxylation is 1. The number of nitrogens with zero attached hydrogens (tertiary/aromatic N) is 5. The molecule has 0 unspecified atom stereocenters. The lowest BCUT2D eigenvalue weighted by Crippen LogP contribution is -2.07. The van der Waals surface area contributed by atoms with Crippen LogP contribution in [0.1, 0.15) is 5.82 Å². The van der Waals surface area contributed by atoms with Gasteiger partial charge >= 0.3 is 0 Å². The maximum Gasteiger partial charge on any atom is 0.209 e. The van der Waals surface area contributed by atoms with Gasteiger partial charge in [-0.05, 0) is 25.1 Å². The van der Waals surface area contributed by atoms with Crippen molar-refractivity contribution < 1.29 is 0 Å². The Morgan fingerprint density at radius 1 is 1.00 bits per heavy atom. The Morgan fingerprint density at radius 3 is 2.78 bits per heavy atom. The topological polar surface area (TPSA) is 113 Å². The van der Waals surface area contributed by atoms with Gasteiger partial charge in [0.15, 0.2) is 17.0 Å². The summed E-state index contributed by atoms with van der Waals surface area (Å²) in [6, 6.07) is 11.1. The monoisotopic (exact) mass is 355 g/mol. The minimum absolute atomic E-state index is 0.194. The molecule has 0 amide bonds. The van der Waals surface area contributed by atoms with E-state index in [1.54, 1.807) is 12.4 Å². The molecule has 8 heteroatoms. The molecule has 0 aliphatic carbocycles. The molecule has 0 bridgehead atoms. The Bertz CT molecular complexity index is 1370. The second-order valence-corrected chi connectivity index (χ2v) is 6.13. The van der Waals surface area contributed by atoms with Crippen molar-refractivity contribution in [1.29, 1.82) is 0 Å². The molecule has 0 saturated carbocycles. The second-order valence-electron chi connectivity index (χ2n) is 6.13. The number of H-pyrrole nitrogens is 2. The first-order chi connectivity index (χ1) is 13.2. The van der Waals surface area contributed by atoms with Crippen molar-refractivity contribution in [3.63, 3.8) is 0 Å². The molecular weight excluding hydrogens is 342 g/mol. The molecule has 5 aromatic rings. The number of aromatic nitrogens is 7. The fraction of sp³-hybridized carbons (Fsp3) is 0.0526. The number of hydrogen-bond donors (Lipinski definition) is 2. The maximum absolute atomic E-state index is 12.3. The van der Waals surface area contributed by atoms with Gasteiger partial charge in [0.2, 0.25) is 5.43 Å². The number of benzene rings is 1. The summed E-state index contributed by atoms with van der Waals surface area (Å²) in [5.41, 5.74) is 3.26. The Labute approximate surface area is 152 Å². The van der Waals surface area contributed by atoms with E-state index in [0.717, 1.165) is 16.5 Å². The lowest BCUT2D eigenvalue weighted by molar-refractivity contribution is 1.04. The number of nitrogens with one attached hydrogen (secondary N) is 2. The zero-order valence-corrected chi connectivity index (χ0v) is 14.3. The molecule has 130 valence electrons. The van der Waals surface area contributed by atoms with Crippen LogP contribution in [-0.2, 0) is 0 Å². The minimum atomic E-state index is -0.194. The van der Waals surface area contributed by atoms with Crippen LogP contribution < -0.4 is 5.43 Å². The zero-order valence-electron chi connectivity index (χ0n) is 14.3. The van der Waals surface area contributed by atoms with Crippen molar-refractivity contribution in [3.05, 3.63) is 64.8 Å². The van der Waals surface area contributed by atoms with Crippen LogP contribution in [0.15, 0.2) is 53.6 Å². The van der Waals surface area contributed by atoms with Gasteiger partial charge in [-0.3, -0.25) is 9.78 Å². The predicted molar refractivity (Wildman–Crippen MR) is 101 cm³/mol. The number of aromatic amines is 2. The van der Waals surface area contributed by atoms with Gasteiger partial charge in [-0.1, -0.05) is 12.1 Å². The molecule has 0 fully saturated rings. The number of pyridine rings is 2. The van der Waals surface area contributed by atoms with Gasteiger partial charge in [0, 0.05) is 29.4 Å². The molecule has 1 aromatic carbocycles. The fourth-order valence-corrected chi connectivity index (χ4v) is 3.03. The molecule has 8 nitrogen and oxygen atoms in total. The lowest BCUT2D eigenvalue weighted by atomic mass is 10.1. The Morgan fingerprint density at radius 2 is 1.93 bits per heavy atom. The average molecular weight is 355 g/mol. The third kappa shape index (κ3) is 2.54. The molecule has 2 N–H and O–H groups in total. The molecule has 27 heavy (non-hydrogen) atoms. The Kier molecular flexibility index (Phi) is 3.29. The highest BCUT2D eigenvalue weighted by Gasteiger charge is 2.17. The molecule has 4 aromatic heterocycles. The highest BCUT2D eigenvalue weighted by Crippen LogP contribution is 2.29. The molecule has 5 rings (SSSR count). The number of rotatable bonds is 2. The van der Waals surface area contributed by atoms with Crippen LogP contribution in [0.4, 0.5) is 0 Å². The van der Waals surface area contributed by atoms with Gasteiger partial charge in [-0.25, -0.2) is 9.97 Å². The van der Waals surface area contributed by atoms with Gasteiger partial charge in [0.25, 0.3) is 0 Å². The van der Waals surface area contributed by atoms with E-state index in [1.165, 1.54) is 6.07 Å². The predicted octanol–water partition coefficient (Wildman–Crippen LogP) is 2.63. The van der Waals surface area contributed by atoms with Crippen LogP contribution in [0.3, 0.4) is 0 Å². The van der Waals surface area contributed by atoms with E-state index >= 15 is 0 Å². The van der Waals surface area contributed by atoms with E-state index in [0.29, 0.717) is 28.7 Å². The summed E-state index contributed by atoms with van der Waals surface area (Å²) in [5.74, 6) is 1.16. The van der Waals surface area contributed by atoms with Crippen molar-refractivity contribution >= 4 is 22.1 Å². The summed E-state index contributed by atoms with van der Waals surface area (Å²) in [7, 11) is 0. The van der Waals surface area contributed by atoms with Crippen molar-refractivity contribution in [2.45, 2.75) is 6.92 Å². The minimum Gasteiger partial charge on any atom is -0.345 e. The highest BCUT2D eigenvalue weighted by molar-refractivity contribution is 5.88. The standard InChI is InChI=1S/C19H13N7O/c1-10-22-19(26-25-10)17-15(23-16-14(27)6-8-21-18(16)24-17)12-4-5-13-11(9-12)3-2-7-20-13/h2-9H,1H3,(H,21,24,27)(H,22,25,26). The van der Waals surface area contributed by atoms with Gasteiger partial charge in [0.1, 0.15) is 17.2 Å². The van der Waals surface area contributed by atoms with Crippen molar-refractivity contribution in [2.24, 2.45) is 0 Å². The summed E-state index contributed by atoms with van der Waals surface area (Å²) < 4.78 is 0. The average Bonchev–Trinajstić information content (AvgIpc) is 3.13. The van der Waals surface area contributed by atoms with Crippen LogP contribution in [0.5, 0.6) is 0 Å². The van der Waals surface area contributed by atoms with Crippen LogP contribution in [0.25, 0.3) is 44.8 Å². The SMILES string of the molecule is Cc1nnc(-c2nc3[nH]ccc(=O)c3nc2-c2ccc3ncccc3c2)[nH]1. The summed E-state index contributed by atoms with van der Waals surface area (Å²) in [4.78, 5) is 31.9. The van der Waals surface area contributed by atoms with E-state index < -0.39 is 0 Å². The Hall–Kier alpha value is -3.94. The normalized spacial score (nSPS) is 11.3. The van der Waals surface area contributed by atoms with E-state index in [9.17, 15) is 4.79 Å². The van der Waals surface area contributed by atoms with E-state index in [2.05, 4.69) is 35.1 Å². The van der Waals surface area contributed by atoms with E-state index in [1.807, 2.05) is 37.3 Å². The van der Waals surface area contributed by atoms with E-state index in [-0.39, 0.29) is 10.9 Å². The summed E-state index contributed by atoms with van der Waals surface area (Å²) in [6.45, 7) is 1.81. The molecule has 0 atom stereocenters. The van der Waals surface area contributed by atoms with Crippen LogP contribution >= 0.6 is 0 Å². The maximum atomic E-state index is 12.3. The third-order valence-electron chi connectivity index (χ3n) is 4.28. The van der Waals surface area contributed by atoms with Crippen molar-refractivity contribution in [3.8, 4) is 22.8 Å². The summed E-state index contributed by atoms with van der Waals surface area (Å²) in [6.07, 6.45) is 3.30. The summed E-state index contributed by atoms with van der Waals surface area (Å²) in [5, 5.41) is 9.14. The Balaban J connectivity index is 1.85. The zero-order chi connectivity index (χ0) is 18.4. The lowest BCUT2D eigenvalue weighted by Gasteiger charge is -2.08. The molecular formula is C19H13N7O. The van der Waals surface area contributed by atoms with Crippen LogP contribution in [0.2, 0.25) is 0 Å². The van der Waals surface area contributed by atoms with Gasteiger partial charge in [0.05, 0.1) is 5.52 Å². The van der Waals surface area contributed by atoms with Crippen LogP contribution in [-0.4, -0.2) is 35.1 Å². The van der Waals surface area contributed by atoms with E-state index in [4.69, 9.17) is 0 Å². The molecule has 0 aliphatic rings. The summed E-state index contributed by atoms with van der Waals surface area (Å²) >= 11 is 0. The first-order valence-corrected chi connectivity index (χ1v) is 8.33. The second kappa shape index (κ2) is 5.80.